The van der Waals surface area contributed by atoms with E-state index in [0.717, 1.165) is 25.0 Å². The first kappa shape index (κ1) is 18.4. The Bertz CT molecular complexity index is 1030. The van der Waals surface area contributed by atoms with Crippen LogP contribution in [-0.4, -0.2) is 46.5 Å². The van der Waals surface area contributed by atoms with Crippen LogP contribution >= 0.6 is 0 Å². The van der Waals surface area contributed by atoms with Crippen molar-refractivity contribution in [2.24, 2.45) is 0 Å². The molecule has 0 bridgehead atoms. The lowest BCUT2D eigenvalue weighted by atomic mass is 10.2. The molecule has 4 rings (SSSR count). The Morgan fingerprint density at radius 1 is 1.11 bits per heavy atom. The first-order valence-electron chi connectivity index (χ1n) is 9.56. The Kier molecular flexibility index (Phi) is 5.25. The number of alkyl halides is 1. The molecule has 0 atom stereocenters. The summed E-state index contributed by atoms with van der Waals surface area (Å²) in [6.45, 7) is 3.07. The molecule has 1 aliphatic heterocycles. The number of halogens is 1. The van der Waals surface area contributed by atoms with Crippen LogP contribution in [-0.2, 0) is 6.67 Å². The standard InChI is InChI=1S/C21H23FN4O2/c22-14-15-3-6-17(7-4-15)26-19(27)8-5-16-13-18(24-20(16)26)21(28)23-9-12-25-10-1-2-11-25/h3-8,13,24H,1-2,9-12,14H2,(H,23,28). The Hall–Kier alpha value is -2.93. The summed E-state index contributed by atoms with van der Waals surface area (Å²) in [7, 11) is 0. The second kappa shape index (κ2) is 7.98. The molecule has 0 aliphatic carbocycles. The molecule has 2 aromatic heterocycles. The molecule has 0 radical (unpaired) electrons. The van der Waals surface area contributed by atoms with E-state index in [1.54, 1.807) is 36.4 Å². The van der Waals surface area contributed by atoms with Crippen LogP contribution < -0.4 is 10.9 Å². The number of nitrogens with one attached hydrogen (secondary N) is 2. The Morgan fingerprint density at radius 2 is 1.86 bits per heavy atom. The number of hydrogen-bond donors (Lipinski definition) is 2. The summed E-state index contributed by atoms with van der Waals surface area (Å²) >= 11 is 0. The fourth-order valence-electron chi connectivity index (χ4n) is 3.66. The van der Waals surface area contributed by atoms with Gasteiger partial charge in [0.15, 0.2) is 0 Å². The lowest BCUT2D eigenvalue weighted by Gasteiger charge is -2.14. The number of benzene rings is 1. The third-order valence-corrected chi connectivity index (χ3v) is 5.18. The van der Waals surface area contributed by atoms with Crippen molar-refractivity contribution < 1.29 is 9.18 Å². The molecule has 6 nitrogen and oxygen atoms in total. The van der Waals surface area contributed by atoms with Gasteiger partial charge < -0.3 is 15.2 Å². The molecule has 146 valence electrons. The lowest BCUT2D eigenvalue weighted by Crippen LogP contribution is -2.33. The zero-order chi connectivity index (χ0) is 19.5. The summed E-state index contributed by atoms with van der Waals surface area (Å²) in [6.07, 6.45) is 2.44. The van der Waals surface area contributed by atoms with Crippen LogP contribution in [0.4, 0.5) is 4.39 Å². The summed E-state index contributed by atoms with van der Waals surface area (Å²) < 4.78 is 14.3. The maximum absolute atomic E-state index is 12.8. The van der Waals surface area contributed by atoms with E-state index in [1.807, 2.05) is 0 Å². The van der Waals surface area contributed by atoms with Crippen molar-refractivity contribution in [2.45, 2.75) is 19.5 Å². The van der Waals surface area contributed by atoms with Gasteiger partial charge in [-0.3, -0.25) is 14.2 Å². The van der Waals surface area contributed by atoms with Crippen LogP contribution in [0.25, 0.3) is 16.7 Å². The number of H-pyrrole nitrogens is 1. The molecule has 0 saturated carbocycles. The van der Waals surface area contributed by atoms with E-state index < -0.39 is 6.67 Å². The highest BCUT2D eigenvalue weighted by atomic mass is 19.1. The quantitative estimate of drug-likeness (QED) is 0.689. The first-order chi connectivity index (χ1) is 13.7. The number of carbonyl (C=O) groups is 1. The average Bonchev–Trinajstić information content (AvgIpc) is 3.38. The molecule has 7 heteroatoms. The summed E-state index contributed by atoms with van der Waals surface area (Å²) in [5.74, 6) is -0.192. The summed E-state index contributed by atoms with van der Waals surface area (Å²) in [6, 6.07) is 11.6. The summed E-state index contributed by atoms with van der Waals surface area (Å²) in [5, 5.41) is 3.70. The zero-order valence-electron chi connectivity index (χ0n) is 15.6. The van der Waals surface area contributed by atoms with Crippen molar-refractivity contribution >= 4 is 16.9 Å². The number of aromatic amines is 1. The number of likely N-dealkylation sites (tertiary alicyclic amines) is 1. The van der Waals surface area contributed by atoms with Crippen molar-refractivity contribution in [1.82, 2.24) is 19.8 Å². The van der Waals surface area contributed by atoms with Crippen LogP contribution in [0.3, 0.4) is 0 Å². The number of pyridine rings is 1. The molecule has 0 unspecified atom stereocenters. The van der Waals surface area contributed by atoms with Crippen LogP contribution in [0.5, 0.6) is 0 Å². The molecular formula is C21H23FN4O2. The zero-order valence-corrected chi connectivity index (χ0v) is 15.6. The average molecular weight is 382 g/mol. The maximum Gasteiger partial charge on any atom is 0.267 e. The number of rotatable bonds is 6. The van der Waals surface area contributed by atoms with Crippen LogP contribution in [0.15, 0.2) is 47.3 Å². The van der Waals surface area contributed by atoms with Gasteiger partial charge in [-0.2, -0.15) is 0 Å². The van der Waals surface area contributed by atoms with E-state index in [9.17, 15) is 14.0 Å². The highest BCUT2D eigenvalue weighted by molar-refractivity contribution is 5.97. The molecule has 1 aliphatic rings. The smallest absolute Gasteiger partial charge is 0.267 e. The van der Waals surface area contributed by atoms with Gasteiger partial charge in [0.2, 0.25) is 0 Å². The summed E-state index contributed by atoms with van der Waals surface area (Å²) in [4.78, 5) is 30.4. The minimum atomic E-state index is -0.552. The maximum atomic E-state index is 12.8. The molecule has 28 heavy (non-hydrogen) atoms. The fourth-order valence-corrected chi connectivity index (χ4v) is 3.66. The van der Waals surface area contributed by atoms with Crippen molar-refractivity contribution in [3.05, 3.63) is 64.1 Å². The number of nitrogens with zero attached hydrogens (tertiary/aromatic N) is 2. The SMILES string of the molecule is O=C(NCCN1CCCC1)c1cc2ccc(=O)n(-c3ccc(CF)cc3)c2[nH]1. The molecular weight excluding hydrogens is 359 g/mol. The third kappa shape index (κ3) is 3.71. The molecule has 3 aromatic rings. The van der Waals surface area contributed by atoms with Crippen molar-refractivity contribution in [1.29, 1.82) is 0 Å². The second-order valence-corrected chi connectivity index (χ2v) is 7.10. The van der Waals surface area contributed by atoms with Gasteiger partial charge in [-0.05, 0) is 55.8 Å². The lowest BCUT2D eigenvalue weighted by molar-refractivity contribution is 0.0945. The Morgan fingerprint density at radius 3 is 2.57 bits per heavy atom. The minimum absolute atomic E-state index is 0.192. The Labute approximate surface area is 162 Å². The Balaban J connectivity index is 1.57. The van der Waals surface area contributed by atoms with E-state index in [0.29, 0.717) is 29.1 Å². The van der Waals surface area contributed by atoms with Gasteiger partial charge in [-0.25, -0.2) is 4.39 Å². The van der Waals surface area contributed by atoms with E-state index in [-0.39, 0.29) is 11.5 Å². The van der Waals surface area contributed by atoms with Crippen LogP contribution in [0.1, 0.15) is 28.9 Å². The molecule has 2 N–H and O–H groups in total. The first-order valence-corrected chi connectivity index (χ1v) is 9.56. The highest BCUT2D eigenvalue weighted by Gasteiger charge is 2.15. The molecule has 1 fully saturated rings. The largest absolute Gasteiger partial charge is 0.349 e. The van der Waals surface area contributed by atoms with Crippen molar-refractivity contribution in [2.75, 3.05) is 26.2 Å². The molecule has 3 heterocycles. The monoisotopic (exact) mass is 382 g/mol. The molecule has 0 spiro atoms. The van der Waals surface area contributed by atoms with Gasteiger partial charge in [0.25, 0.3) is 11.5 Å². The number of carbonyl (C=O) groups excluding carboxylic acids is 1. The number of amides is 1. The van der Waals surface area contributed by atoms with Gasteiger partial charge in [-0.15, -0.1) is 0 Å². The predicted molar refractivity (Wildman–Crippen MR) is 107 cm³/mol. The fraction of sp³-hybridized carbons (Fsp3) is 0.333. The molecule has 1 aromatic carbocycles. The topological polar surface area (TPSA) is 70.1 Å². The third-order valence-electron chi connectivity index (χ3n) is 5.18. The van der Waals surface area contributed by atoms with Gasteiger partial charge in [0, 0.05) is 24.5 Å². The summed E-state index contributed by atoms with van der Waals surface area (Å²) in [5.41, 5.74) is 1.91. The highest BCUT2D eigenvalue weighted by Crippen LogP contribution is 2.18. The second-order valence-electron chi connectivity index (χ2n) is 7.10. The normalized spacial score (nSPS) is 14.6. The van der Waals surface area contributed by atoms with Crippen LogP contribution in [0, 0.1) is 0 Å². The number of hydrogen-bond acceptors (Lipinski definition) is 3. The van der Waals surface area contributed by atoms with Gasteiger partial charge in [0.1, 0.15) is 18.0 Å². The van der Waals surface area contributed by atoms with E-state index in [1.165, 1.54) is 23.5 Å². The predicted octanol–water partition coefficient (Wildman–Crippen LogP) is 2.61. The van der Waals surface area contributed by atoms with Crippen LogP contribution in [0.2, 0.25) is 0 Å². The number of fused-ring (bicyclic) bond motifs is 1. The molecule has 1 saturated heterocycles. The van der Waals surface area contributed by atoms with E-state index in [2.05, 4.69) is 15.2 Å². The van der Waals surface area contributed by atoms with Gasteiger partial charge in [-0.1, -0.05) is 12.1 Å². The van der Waals surface area contributed by atoms with E-state index in [4.69, 9.17) is 0 Å². The van der Waals surface area contributed by atoms with Crippen molar-refractivity contribution in [3.63, 3.8) is 0 Å². The van der Waals surface area contributed by atoms with Crippen molar-refractivity contribution in [3.8, 4) is 5.69 Å². The minimum Gasteiger partial charge on any atom is -0.349 e. The molecule has 1 amide bonds. The van der Waals surface area contributed by atoms with E-state index >= 15 is 0 Å². The van der Waals surface area contributed by atoms with Gasteiger partial charge >= 0.3 is 0 Å². The number of aromatic nitrogens is 2. The van der Waals surface area contributed by atoms with Gasteiger partial charge in [0.05, 0.1) is 5.69 Å².